The van der Waals surface area contributed by atoms with Crippen molar-refractivity contribution < 1.29 is 4.84 Å². The molecule has 14 heavy (non-hydrogen) atoms. The smallest absolute Gasteiger partial charge is 0.0705 e. The molecule has 0 aromatic carbocycles. The Hall–Kier alpha value is -0.0800. The van der Waals surface area contributed by atoms with Gasteiger partial charge in [0.15, 0.2) is 0 Å². The van der Waals surface area contributed by atoms with Crippen molar-refractivity contribution in [1.29, 1.82) is 0 Å². The molecule has 2 unspecified atom stereocenters. The maximum atomic E-state index is 5.44. The van der Waals surface area contributed by atoms with Gasteiger partial charge in [-0.25, -0.2) is 0 Å². The average Bonchev–Trinajstić information content (AvgIpc) is 2.15. The molecule has 2 nitrogen and oxygen atoms in total. The van der Waals surface area contributed by atoms with E-state index in [1.807, 2.05) is 0 Å². The molecule has 0 fully saturated rings. The van der Waals surface area contributed by atoms with Crippen LogP contribution in [-0.4, -0.2) is 12.6 Å². The molecule has 0 aromatic heterocycles. The van der Waals surface area contributed by atoms with Crippen molar-refractivity contribution >= 4 is 0 Å². The summed E-state index contributed by atoms with van der Waals surface area (Å²) in [4.78, 5) is 5.44. The molecule has 0 aliphatic heterocycles. The number of nitrogens with one attached hydrogen (secondary N) is 1. The fourth-order valence-electron chi connectivity index (χ4n) is 1.28. The highest BCUT2D eigenvalue weighted by Crippen LogP contribution is 2.11. The van der Waals surface area contributed by atoms with Crippen molar-refractivity contribution in [2.75, 3.05) is 6.61 Å². The van der Waals surface area contributed by atoms with Crippen molar-refractivity contribution in [2.24, 2.45) is 11.8 Å². The Morgan fingerprint density at radius 2 is 1.71 bits per heavy atom. The zero-order chi connectivity index (χ0) is 11.0. The molecule has 0 aromatic rings. The van der Waals surface area contributed by atoms with Gasteiger partial charge in [0.1, 0.15) is 0 Å². The average molecular weight is 201 g/mol. The maximum absolute atomic E-state index is 5.44. The molecule has 1 N–H and O–H groups in total. The molecule has 0 spiro atoms. The molecule has 0 saturated heterocycles. The molecule has 86 valence electrons. The fraction of sp³-hybridized carbons (Fsp3) is 1.00. The summed E-state index contributed by atoms with van der Waals surface area (Å²) in [5, 5.41) is 0. The lowest BCUT2D eigenvalue weighted by Crippen LogP contribution is -2.31. The monoisotopic (exact) mass is 201 g/mol. The Kier molecular flexibility index (Phi) is 8.20. The van der Waals surface area contributed by atoms with Crippen LogP contribution >= 0.6 is 0 Å². The quantitative estimate of drug-likeness (QED) is 0.608. The van der Waals surface area contributed by atoms with Gasteiger partial charge in [0.25, 0.3) is 0 Å². The van der Waals surface area contributed by atoms with Crippen LogP contribution in [0.5, 0.6) is 0 Å². The molecule has 2 atom stereocenters. The first-order valence-electron chi connectivity index (χ1n) is 5.97. The largest absolute Gasteiger partial charge is 0.301 e. The first kappa shape index (κ1) is 13.9. The molecule has 0 heterocycles. The van der Waals surface area contributed by atoms with Crippen LogP contribution in [0.25, 0.3) is 0 Å². The van der Waals surface area contributed by atoms with Crippen LogP contribution in [0.3, 0.4) is 0 Å². The summed E-state index contributed by atoms with van der Waals surface area (Å²) in [7, 11) is 0. The Bertz CT molecular complexity index is 125. The first-order chi connectivity index (χ1) is 6.60. The minimum atomic E-state index is 0.517. The molecule has 0 bridgehead atoms. The van der Waals surface area contributed by atoms with E-state index < -0.39 is 0 Å². The summed E-state index contributed by atoms with van der Waals surface area (Å²) in [6.45, 7) is 11.9. The number of hydroxylamine groups is 1. The fourth-order valence-corrected chi connectivity index (χ4v) is 1.28. The van der Waals surface area contributed by atoms with Crippen molar-refractivity contribution in [3.8, 4) is 0 Å². The maximum Gasteiger partial charge on any atom is 0.0705 e. The van der Waals surface area contributed by atoms with Crippen LogP contribution in [0.4, 0.5) is 0 Å². The van der Waals surface area contributed by atoms with E-state index in [9.17, 15) is 0 Å². The van der Waals surface area contributed by atoms with E-state index in [1.165, 1.54) is 12.8 Å². The van der Waals surface area contributed by atoms with Crippen molar-refractivity contribution in [3.05, 3.63) is 0 Å². The minimum Gasteiger partial charge on any atom is -0.301 e. The summed E-state index contributed by atoms with van der Waals surface area (Å²) in [6.07, 6.45) is 3.61. The molecular formula is C12H27NO. The highest BCUT2D eigenvalue weighted by atomic mass is 16.6. The van der Waals surface area contributed by atoms with Gasteiger partial charge in [-0.05, 0) is 24.7 Å². The van der Waals surface area contributed by atoms with Crippen LogP contribution in [0, 0.1) is 11.8 Å². The number of rotatable bonds is 8. The van der Waals surface area contributed by atoms with Gasteiger partial charge < -0.3 is 4.84 Å². The van der Waals surface area contributed by atoms with E-state index >= 15 is 0 Å². The first-order valence-corrected chi connectivity index (χ1v) is 5.97. The molecule has 0 saturated carbocycles. The van der Waals surface area contributed by atoms with Gasteiger partial charge in [0, 0.05) is 6.04 Å². The van der Waals surface area contributed by atoms with E-state index in [4.69, 9.17) is 4.84 Å². The lowest BCUT2D eigenvalue weighted by Gasteiger charge is -2.20. The molecular weight excluding hydrogens is 174 g/mol. The van der Waals surface area contributed by atoms with Crippen LogP contribution in [0.1, 0.15) is 53.9 Å². The van der Waals surface area contributed by atoms with Crippen LogP contribution in [-0.2, 0) is 4.84 Å². The molecule has 0 amide bonds. The van der Waals surface area contributed by atoms with Crippen LogP contribution < -0.4 is 5.48 Å². The van der Waals surface area contributed by atoms with Crippen molar-refractivity contribution in [2.45, 2.75) is 59.9 Å². The second kappa shape index (κ2) is 8.25. The molecule has 0 rings (SSSR count). The summed E-state index contributed by atoms with van der Waals surface area (Å²) < 4.78 is 0. The van der Waals surface area contributed by atoms with E-state index in [0.717, 1.165) is 18.9 Å². The van der Waals surface area contributed by atoms with Crippen LogP contribution in [0.15, 0.2) is 0 Å². The van der Waals surface area contributed by atoms with E-state index in [-0.39, 0.29) is 0 Å². The van der Waals surface area contributed by atoms with Gasteiger partial charge >= 0.3 is 0 Å². The van der Waals surface area contributed by atoms with E-state index in [1.54, 1.807) is 0 Å². The third-order valence-corrected chi connectivity index (χ3v) is 2.54. The molecule has 2 heteroatoms. The van der Waals surface area contributed by atoms with Crippen molar-refractivity contribution in [3.63, 3.8) is 0 Å². The van der Waals surface area contributed by atoms with Gasteiger partial charge in [-0.1, -0.05) is 41.0 Å². The van der Waals surface area contributed by atoms with Crippen molar-refractivity contribution in [1.82, 2.24) is 5.48 Å². The zero-order valence-corrected chi connectivity index (χ0v) is 10.5. The Morgan fingerprint density at radius 1 is 1.07 bits per heavy atom. The van der Waals surface area contributed by atoms with Crippen LogP contribution in [0.2, 0.25) is 0 Å². The predicted octanol–water partition coefficient (Wildman–Crippen LogP) is 3.38. The Balaban J connectivity index is 3.57. The highest BCUT2D eigenvalue weighted by Gasteiger charge is 2.10. The van der Waals surface area contributed by atoms with E-state index in [0.29, 0.717) is 12.0 Å². The normalized spacial score (nSPS) is 15.9. The van der Waals surface area contributed by atoms with Gasteiger partial charge in [-0.3, -0.25) is 0 Å². The second-order valence-corrected chi connectivity index (χ2v) is 4.68. The topological polar surface area (TPSA) is 21.3 Å². The number of hydrogen-bond donors (Lipinski definition) is 1. The molecule has 0 aliphatic carbocycles. The lowest BCUT2D eigenvalue weighted by atomic mass is 9.98. The Labute approximate surface area is 89.4 Å². The highest BCUT2D eigenvalue weighted by molar-refractivity contribution is 4.63. The van der Waals surface area contributed by atoms with Gasteiger partial charge in [-0.2, -0.15) is 5.48 Å². The SMILES string of the molecule is CCC(C)CC(CC)NOCC(C)C. The third kappa shape index (κ3) is 7.34. The standard InChI is InChI=1S/C12H27NO/c1-6-11(5)8-12(7-2)13-14-9-10(3)4/h10-13H,6-9H2,1-5H3. The predicted molar refractivity (Wildman–Crippen MR) is 62.1 cm³/mol. The molecule has 0 aliphatic rings. The van der Waals surface area contributed by atoms with E-state index in [2.05, 4.69) is 40.1 Å². The number of hydrogen-bond acceptors (Lipinski definition) is 2. The summed E-state index contributed by atoms with van der Waals surface area (Å²) in [5.41, 5.74) is 3.17. The lowest BCUT2D eigenvalue weighted by molar-refractivity contribution is -0.00470. The minimum absolute atomic E-state index is 0.517. The van der Waals surface area contributed by atoms with Gasteiger partial charge in [0.2, 0.25) is 0 Å². The summed E-state index contributed by atoms with van der Waals surface area (Å²) >= 11 is 0. The third-order valence-electron chi connectivity index (χ3n) is 2.54. The zero-order valence-electron chi connectivity index (χ0n) is 10.5. The van der Waals surface area contributed by atoms with Gasteiger partial charge in [0.05, 0.1) is 6.61 Å². The second-order valence-electron chi connectivity index (χ2n) is 4.68. The summed E-state index contributed by atoms with van der Waals surface area (Å²) in [5.74, 6) is 1.39. The summed E-state index contributed by atoms with van der Waals surface area (Å²) in [6, 6.07) is 0.517. The van der Waals surface area contributed by atoms with Gasteiger partial charge in [-0.15, -0.1) is 0 Å². The Morgan fingerprint density at radius 3 is 2.14 bits per heavy atom. The molecule has 0 radical (unpaired) electrons.